The van der Waals surface area contributed by atoms with Crippen molar-refractivity contribution < 1.29 is 4.79 Å². The highest BCUT2D eigenvalue weighted by atomic mass is 32.2. The minimum Gasteiger partial charge on any atom is -0.355 e. The number of amides is 1. The van der Waals surface area contributed by atoms with Gasteiger partial charge in [-0.3, -0.25) is 4.79 Å². The van der Waals surface area contributed by atoms with Gasteiger partial charge in [0.1, 0.15) is 0 Å². The van der Waals surface area contributed by atoms with E-state index in [1.54, 1.807) is 11.8 Å². The second-order valence-electron chi connectivity index (χ2n) is 5.80. The molecule has 0 spiro atoms. The van der Waals surface area contributed by atoms with Gasteiger partial charge in [0.05, 0.1) is 5.25 Å². The Kier molecular flexibility index (Phi) is 4.96. The Hall–Kier alpha value is -0.220. The number of rotatable bonds is 7. The smallest absolute Gasteiger partial charge is 0.232 e. The third-order valence-corrected chi connectivity index (χ3v) is 5.19. The fraction of sp³-hybridized carbons (Fsp3) is 0.929. The number of thioether (sulfide) groups is 1. The van der Waals surface area contributed by atoms with Crippen LogP contribution in [0.5, 0.6) is 0 Å². The van der Waals surface area contributed by atoms with Crippen molar-refractivity contribution in [3.63, 3.8) is 0 Å². The average molecular weight is 270 g/mol. The summed E-state index contributed by atoms with van der Waals surface area (Å²) in [5, 5.41) is 3.25. The van der Waals surface area contributed by atoms with Crippen LogP contribution in [-0.4, -0.2) is 48.0 Å². The van der Waals surface area contributed by atoms with Crippen molar-refractivity contribution in [3.05, 3.63) is 0 Å². The van der Waals surface area contributed by atoms with Gasteiger partial charge >= 0.3 is 0 Å². The molecular weight excluding hydrogens is 244 g/mol. The van der Waals surface area contributed by atoms with Crippen LogP contribution in [0.15, 0.2) is 0 Å². The molecule has 18 heavy (non-hydrogen) atoms. The Bertz CT molecular complexity index is 286. The van der Waals surface area contributed by atoms with Gasteiger partial charge < -0.3 is 10.2 Å². The molecular formula is C14H26N2OS. The van der Waals surface area contributed by atoms with E-state index in [2.05, 4.69) is 17.1 Å². The number of hydrogen-bond donors (Lipinski definition) is 1. The lowest BCUT2D eigenvalue weighted by atomic mass is 10.1. The number of nitrogens with zero attached hydrogens (tertiary/aromatic N) is 1. The first-order valence-corrected chi connectivity index (χ1v) is 8.32. The Morgan fingerprint density at radius 2 is 2.06 bits per heavy atom. The Morgan fingerprint density at radius 3 is 2.61 bits per heavy atom. The van der Waals surface area contributed by atoms with E-state index in [0.29, 0.717) is 5.41 Å². The third kappa shape index (κ3) is 3.89. The molecule has 1 saturated heterocycles. The predicted octanol–water partition coefficient (Wildman–Crippen LogP) is 2.12. The average Bonchev–Trinajstić information content (AvgIpc) is 2.92. The number of likely N-dealkylation sites (tertiary alicyclic amines) is 1. The second kappa shape index (κ2) is 6.29. The van der Waals surface area contributed by atoms with Gasteiger partial charge in [0.2, 0.25) is 5.91 Å². The largest absolute Gasteiger partial charge is 0.355 e. The van der Waals surface area contributed by atoms with Gasteiger partial charge in [-0.2, -0.15) is 0 Å². The van der Waals surface area contributed by atoms with Gasteiger partial charge in [-0.1, -0.05) is 6.92 Å². The molecule has 1 heterocycles. The maximum absolute atomic E-state index is 11.9. The molecule has 2 fully saturated rings. The van der Waals surface area contributed by atoms with E-state index in [9.17, 15) is 4.79 Å². The quantitative estimate of drug-likeness (QED) is 0.769. The number of hydrogen-bond acceptors (Lipinski definition) is 3. The molecule has 1 N–H and O–H groups in total. The van der Waals surface area contributed by atoms with E-state index in [-0.39, 0.29) is 11.2 Å². The lowest BCUT2D eigenvalue weighted by molar-refractivity contribution is -0.120. The summed E-state index contributed by atoms with van der Waals surface area (Å²) >= 11 is 1.72. The van der Waals surface area contributed by atoms with Gasteiger partial charge in [0, 0.05) is 18.5 Å². The first-order valence-electron chi connectivity index (χ1n) is 7.27. The van der Waals surface area contributed by atoms with Crippen molar-refractivity contribution in [1.82, 2.24) is 10.2 Å². The first-order chi connectivity index (χ1) is 8.65. The van der Waals surface area contributed by atoms with E-state index >= 15 is 0 Å². The summed E-state index contributed by atoms with van der Waals surface area (Å²) in [6, 6.07) is 0. The summed E-state index contributed by atoms with van der Waals surface area (Å²) in [5.41, 5.74) is 0.413. The molecule has 2 aliphatic rings. The normalized spacial score (nSPS) is 23.9. The maximum Gasteiger partial charge on any atom is 0.232 e. The van der Waals surface area contributed by atoms with E-state index < -0.39 is 0 Å². The molecule has 1 saturated carbocycles. The van der Waals surface area contributed by atoms with Gasteiger partial charge in [0.15, 0.2) is 0 Å². The Labute approximate surface area is 115 Å². The monoisotopic (exact) mass is 270 g/mol. The zero-order valence-corrected chi connectivity index (χ0v) is 12.5. The third-order valence-electron chi connectivity index (χ3n) is 4.14. The van der Waals surface area contributed by atoms with Crippen molar-refractivity contribution in [2.24, 2.45) is 5.41 Å². The van der Waals surface area contributed by atoms with Crippen LogP contribution in [-0.2, 0) is 4.79 Å². The van der Waals surface area contributed by atoms with Crippen LogP contribution in [0.3, 0.4) is 0 Å². The number of nitrogens with one attached hydrogen (secondary N) is 1. The summed E-state index contributed by atoms with van der Waals surface area (Å²) in [6.07, 6.45) is 5.29. The zero-order chi connectivity index (χ0) is 13.0. The SMILES string of the molecule is CCS[C@@H](C)C(=O)NCC1(CN2CCCC2)CC1. The molecule has 0 aromatic rings. The Balaban J connectivity index is 1.70. The lowest BCUT2D eigenvalue weighted by Crippen LogP contribution is -2.39. The van der Waals surface area contributed by atoms with Crippen LogP contribution in [0.25, 0.3) is 0 Å². The lowest BCUT2D eigenvalue weighted by Gasteiger charge is -2.23. The van der Waals surface area contributed by atoms with Crippen molar-refractivity contribution in [2.75, 3.05) is 31.9 Å². The summed E-state index contributed by atoms with van der Waals surface area (Å²) in [5.74, 6) is 1.22. The van der Waals surface area contributed by atoms with Gasteiger partial charge in [-0.05, 0) is 51.4 Å². The molecule has 0 aromatic heterocycles. The van der Waals surface area contributed by atoms with Crippen LogP contribution >= 0.6 is 11.8 Å². The molecule has 3 nitrogen and oxygen atoms in total. The molecule has 4 heteroatoms. The highest BCUT2D eigenvalue weighted by Gasteiger charge is 2.44. The molecule has 0 aromatic carbocycles. The molecule has 2 rings (SSSR count). The van der Waals surface area contributed by atoms with E-state index in [1.165, 1.54) is 45.3 Å². The molecule has 104 valence electrons. The van der Waals surface area contributed by atoms with Gasteiger partial charge in [-0.25, -0.2) is 0 Å². The first kappa shape index (κ1) is 14.2. The van der Waals surface area contributed by atoms with Crippen LogP contribution in [0.1, 0.15) is 39.5 Å². The standard InChI is InChI=1S/C14H26N2OS/c1-3-18-12(2)13(17)15-10-14(6-7-14)11-16-8-4-5-9-16/h12H,3-11H2,1-2H3,(H,15,17)/t12-/m0/s1. The van der Waals surface area contributed by atoms with Crippen molar-refractivity contribution in [1.29, 1.82) is 0 Å². The van der Waals surface area contributed by atoms with Crippen molar-refractivity contribution in [2.45, 2.75) is 44.8 Å². The van der Waals surface area contributed by atoms with Crippen molar-refractivity contribution in [3.8, 4) is 0 Å². The number of carbonyl (C=O) groups is 1. The zero-order valence-electron chi connectivity index (χ0n) is 11.7. The molecule has 0 radical (unpaired) electrons. The number of carbonyl (C=O) groups excluding carboxylic acids is 1. The van der Waals surface area contributed by atoms with E-state index in [0.717, 1.165) is 12.3 Å². The van der Waals surface area contributed by atoms with Crippen molar-refractivity contribution >= 4 is 17.7 Å². The Morgan fingerprint density at radius 1 is 1.39 bits per heavy atom. The predicted molar refractivity (Wildman–Crippen MR) is 77.9 cm³/mol. The minimum atomic E-state index is 0.0950. The molecule has 1 atom stereocenters. The molecule has 0 bridgehead atoms. The fourth-order valence-electron chi connectivity index (χ4n) is 2.73. The van der Waals surface area contributed by atoms with E-state index in [4.69, 9.17) is 0 Å². The highest BCUT2D eigenvalue weighted by Crippen LogP contribution is 2.46. The second-order valence-corrected chi connectivity index (χ2v) is 7.42. The van der Waals surface area contributed by atoms with Crippen LogP contribution in [0, 0.1) is 5.41 Å². The summed E-state index contributed by atoms with van der Waals surface area (Å²) in [7, 11) is 0. The minimum absolute atomic E-state index is 0.0950. The molecule has 1 amide bonds. The summed E-state index contributed by atoms with van der Waals surface area (Å²) in [6.45, 7) is 8.71. The van der Waals surface area contributed by atoms with Crippen LogP contribution in [0.2, 0.25) is 0 Å². The molecule has 0 unspecified atom stereocenters. The highest BCUT2D eigenvalue weighted by molar-refractivity contribution is 8.00. The maximum atomic E-state index is 11.9. The van der Waals surface area contributed by atoms with Crippen LogP contribution < -0.4 is 5.32 Å². The molecule has 1 aliphatic heterocycles. The summed E-state index contributed by atoms with van der Waals surface area (Å²) in [4.78, 5) is 14.5. The van der Waals surface area contributed by atoms with Gasteiger partial charge in [0.25, 0.3) is 0 Å². The van der Waals surface area contributed by atoms with E-state index in [1.807, 2.05) is 6.92 Å². The summed E-state index contributed by atoms with van der Waals surface area (Å²) < 4.78 is 0. The van der Waals surface area contributed by atoms with Crippen LogP contribution in [0.4, 0.5) is 0 Å². The fourth-order valence-corrected chi connectivity index (χ4v) is 3.46. The topological polar surface area (TPSA) is 32.3 Å². The molecule has 1 aliphatic carbocycles. The van der Waals surface area contributed by atoms with Gasteiger partial charge in [-0.15, -0.1) is 11.8 Å².